The van der Waals surface area contributed by atoms with Crippen LogP contribution in [0.1, 0.15) is 31.9 Å². The Morgan fingerprint density at radius 2 is 1.75 bits per heavy atom. The molecule has 0 atom stereocenters. The fraction of sp³-hybridized carbons (Fsp3) is 0.333. The summed E-state index contributed by atoms with van der Waals surface area (Å²) in [6, 6.07) is 10.5. The highest BCUT2D eigenvalue weighted by atomic mass is 14.5. The molecule has 0 bridgehead atoms. The van der Waals surface area contributed by atoms with Crippen molar-refractivity contribution in [3.05, 3.63) is 41.5 Å². The molecule has 0 radical (unpaired) electrons. The zero-order valence-electron chi connectivity index (χ0n) is 10.5. The molecule has 0 aromatic heterocycles. The molecule has 84 valence electrons. The summed E-state index contributed by atoms with van der Waals surface area (Å²) in [5, 5.41) is 2.59. The van der Waals surface area contributed by atoms with Crippen LogP contribution < -0.4 is 5.73 Å². The molecule has 2 aromatic rings. The molecule has 0 heterocycles. The Morgan fingerprint density at radius 3 is 2.38 bits per heavy atom. The van der Waals surface area contributed by atoms with Gasteiger partial charge in [0.25, 0.3) is 0 Å². The Balaban J connectivity index is 2.91. The van der Waals surface area contributed by atoms with Gasteiger partial charge in [-0.15, -0.1) is 0 Å². The molecular formula is C15H19N. The maximum atomic E-state index is 5.97. The molecule has 2 N–H and O–H groups in total. The van der Waals surface area contributed by atoms with Gasteiger partial charge in [-0.25, -0.2) is 0 Å². The predicted molar refractivity (Wildman–Crippen MR) is 71.8 cm³/mol. The topological polar surface area (TPSA) is 26.0 Å². The Bertz CT molecular complexity index is 533. The van der Waals surface area contributed by atoms with Crippen molar-refractivity contribution in [1.29, 1.82) is 0 Å². The van der Waals surface area contributed by atoms with Crippen LogP contribution in [-0.4, -0.2) is 0 Å². The normalized spacial score (nSPS) is 12.0. The minimum atomic E-state index is 0.125. The lowest BCUT2D eigenvalue weighted by molar-refractivity contribution is 0.596. The molecule has 0 fully saturated rings. The molecule has 0 saturated carbocycles. The maximum absolute atomic E-state index is 5.97. The molecule has 0 aliphatic rings. The number of anilines is 1. The van der Waals surface area contributed by atoms with Gasteiger partial charge in [-0.2, -0.15) is 0 Å². The van der Waals surface area contributed by atoms with Gasteiger partial charge in [0, 0.05) is 5.69 Å². The summed E-state index contributed by atoms with van der Waals surface area (Å²) in [6.07, 6.45) is 0. The summed E-state index contributed by atoms with van der Waals surface area (Å²) in [7, 11) is 0. The van der Waals surface area contributed by atoms with Crippen LogP contribution in [0, 0.1) is 6.92 Å². The lowest BCUT2D eigenvalue weighted by atomic mass is 9.82. The zero-order valence-corrected chi connectivity index (χ0v) is 10.5. The molecule has 0 amide bonds. The average Bonchev–Trinajstić information content (AvgIpc) is 2.15. The molecule has 0 aliphatic carbocycles. The lowest BCUT2D eigenvalue weighted by Gasteiger charge is -2.23. The predicted octanol–water partition coefficient (Wildman–Crippen LogP) is 4.03. The van der Waals surface area contributed by atoms with Crippen molar-refractivity contribution in [2.75, 3.05) is 5.73 Å². The Kier molecular flexibility index (Phi) is 2.42. The maximum Gasteiger partial charge on any atom is 0.0323 e. The number of nitrogens with two attached hydrogens (primary N) is 1. The smallest absolute Gasteiger partial charge is 0.0323 e. The SMILES string of the molecule is Cc1cccc2cc(N)cc(C(C)(C)C)c12. The number of hydrogen-bond donors (Lipinski definition) is 1. The van der Waals surface area contributed by atoms with Gasteiger partial charge < -0.3 is 5.73 Å². The number of hydrogen-bond acceptors (Lipinski definition) is 1. The first kappa shape index (κ1) is 11.0. The van der Waals surface area contributed by atoms with Gasteiger partial charge in [0.2, 0.25) is 0 Å². The fourth-order valence-corrected chi connectivity index (χ4v) is 2.23. The quantitative estimate of drug-likeness (QED) is 0.657. The van der Waals surface area contributed by atoms with E-state index in [0.717, 1.165) is 5.69 Å². The van der Waals surface area contributed by atoms with Crippen LogP contribution in [0.2, 0.25) is 0 Å². The number of fused-ring (bicyclic) bond motifs is 1. The molecular weight excluding hydrogens is 194 g/mol. The van der Waals surface area contributed by atoms with Crippen molar-refractivity contribution in [1.82, 2.24) is 0 Å². The van der Waals surface area contributed by atoms with E-state index in [1.807, 2.05) is 0 Å². The third-order valence-electron chi connectivity index (χ3n) is 3.02. The molecule has 2 aromatic carbocycles. The van der Waals surface area contributed by atoms with Crippen molar-refractivity contribution in [3.63, 3.8) is 0 Å². The molecule has 1 nitrogen and oxygen atoms in total. The first-order valence-electron chi connectivity index (χ1n) is 5.69. The van der Waals surface area contributed by atoms with Gasteiger partial charge in [-0.3, -0.25) is 0 Å². The highest BCUT2D eigenvalue weighted by Crippen LogP contribution is 2.33. The van der Waals surface area contributed by atoms with Crippen LogP contribution in [0.3, 0.4) is 0 Å². The van der Waals surface area contributed by atoms with Crippen molar-refractivity contribution in [3.8, 4) is 0 Å². The van der Waals surface area contributed by atoms with Gasteiger partial charge in [-0.1, -0.05) is 39.0 Å². The van der Waals surface area contributed by atoms with Crippen LogP contribution in [0.25, 0.3) is 10.8 Å². The molecule has 0 saturated heterocycles. The molecule has 0 unspecified atom stereocenters. The van der Waals surface area contributed by atoms with Gasteiger partial charge in [-0.05, 0) is 46.4 Å². The highest BCUT2D eigenvalue weighted by Gasteiger charge is 2.18. The Hall–Kier alpha value is -1.50. The minimum absolute atomic E-state index is 0.125. The standard InChI is InChI=1S/C15H19N/c1-10-6-5-7-11-8-12(16)9-13(14(10)11)15(2,3)4/h5-9H,16H2,1-4H3. The van der Waals surface area contributed by atoms with Crippen molar-refractivity contribution in [2.45, 2.75) is 33.1 Å². The molecule has 1 heteroatoms. The zero-order chi connectivity index (χ0) is 11.9. The van der Waals surface area contributed by atoms with E-state index >= 15 is 0 Å². The summed E-state index contributed by atoms with van der Waals surface area (Å²) in [5.41, 5.74) is 9.60. The minimum Gasteiger partial charge on any atom is -0.399 e. The number of aryl methyl sites for hydroxylation is 1. The van der Waals surface area contributed by atoms with E-state index in [4.69, 9.17) is 5.73 Å². The lowest BCUT2D eigenvalue weighted by Crippen LogP contribution is -2.12. The van der Waals surface area contributed by atoms with E-state index in [1.54, 1.807) is 0 Å². The number of nitrogen functional groups attached to an aromatic ring is 1. The van der Waals surface area contributed by atoms with Crippen LogP contribution in [0.4, 0.5) is 5.69 Å². The van der Waals surface area contributed by atoms with Crippen LogP contribution in [0.5, 0.6) is 0 Å². The molecule has 2 rings (SSSR count). The first-order chi connectivity index (χ1) is 7.39. The Labute approximate surface area is 97.3 Å². The summed E-state index contributed by atoms with van der Waals surface area (Å²) in [5.74, 6) is 0. The number of rotatable bonds is 0. The summed E-state index contributed by atoms with van der Waals surface area (Å²) in [4.78, 5) is 0. The third-order valence-corrected chi connectivity index (χ3v) is 3.02. The Morgan fingerprint density at radius 1 is 1.06 bits per heavy atom. The van der Waals surface area contributed by atoms with Crippen LogP contribution >= 0.6 is 0 Å². The van der Waals surface area contributed by atoms with E-state index in [1.165, 1.54) is 21.9 Å². The molecule has 0 spiro atoms. The number of benzene rings is 2. The van der Waals surface area contributed by atoms with Crippen molar-refractivity contribution >= 4 is 16.5 Å². The third kappa shape index (κ3) is 1.78. The van der Waals surface area contributed by atoms with Crippen molar-refractivity contribution in [2.24, 2.45) is 0 Å². The summed E-state index contributed by atoms with van der Waals surface area (Å²) < 4.78 is 0. The van der Waals surface area contributed by atoms with Crippen molar-refractivity contribution < 1.29 is 0 Å². The van der Waals surface area contributed by atoms with E-state index in [2.05, 4.69) is 58.0 Å². The second-order valence-electron chi connectivity index (χ2n) is 5.49. The largest absolute Gasteiger partial charge is 0.399 e. The highest BCUT2D eigenvalue weighted by molar-refractivity contribution is 5.92. The monoisotopic (exact) mass is 213 g/mol. The van der Waals surface area contributed by atoms with E-state index in [0.29, 0.717) is 0 Å². The van der Waals surface area contributed by atoms with E-state index < -0.39 is 0 Å². The first-order valence-corrected chi connectivity index (χ1v) is 5.69. The molecule has 0 aliphatic heterocycles. The van der Waals surface area contributed by atoms with Gasteiger partial charge >= 0.3 is 0 Å². The summed E-state index contributed by atoms with van der Waals surface area (Å²) in [6.45, 7) is 8.85. The van der Waals surface area contributed by atoms with Crippen LogP contribution in [-0.2, 0) is 5.41 Å². The van der Waals surface area contributed by atoms with Crippen LogP contribution in [0.15, 0.2) is 30.3 Å². The van der Waals surface area contributed by atoms with Gasteiger partial charge in [0.1, 0.15) is 0 Å². The summed E-state index contributed by atoms with van der Waals surface area (Å²) >= 11 is 0. The van der Waals surface area contributed by atoms with E-state index in [-0.39, 0.29) is 5.41 Å². The second-order valence-corrected chi connectivity index (χ2v) is 5.49. The molecule has 16 heavy (non-hydrogen) atoms. The second kappa shape index (κ2) is 3.51. The van der Waals surface area contributed by atoms with Gasteiger partial charge in [0.05, 0.1) is 0 Å². The average molecular weight is 213 g/mol. The van der Waals surface area contributed by atoms with E-state index in [9.17, 15) is 0 Å². The fourth-order valence-electron chi connectivity index (χ4n) is 2.23. The van der Waals surface area contributed by atoms with Gasteiger partial charge in [0.15, 0.2) is 0 Å².